The molecule has 0 amide bonds. The third kappa shape index (κ3) is 2.71. The summed E-state index contributed by atoms with van der Waals surface area (Å²) >= 11 is 2.25. The van der Waals surface area contributed by atoms with Gasteiger partial charge < -0.3 is 4.52 Å². The van der Waals surface area contributed by atoms with Crippen LogP contribution in [0.1, 0.15) is 36.2 Å². The van der Waals surface area contributed by atoms with Gasteiger partial charge in [0.05, 0.1) is 18.8 Å². The van der Waals surface area contributed by atoms with Gasteiger partial charge in [-0.05, 0) is 53.8 Å². The summed E-state index contributed by atoms with van der Waals surface area (Å²) < 4.78 is 7.64. The minimum atomic E-state index is 0.522. The SMILES string of the molecule is Cc1c(COPI)nn2c1CCCCC2. The van der Waals surface area contributed by atoms with Crippen molar-refractivity contribution in [3.63, 3.8) is 0 Å². The van der Waals surface area contributed by atoms with Crippen LogP contribution in [-0.2, 0) is 24.1 Å². The number of rotatable bonds is 3. The molecule has 84 valence electrons. The molecule has 1 unspecified atom stereocenters. The van der Waals surface area contributed by atoms with E-state index in [0.717, 1.165) is 12.2 Å². The quantitative estimate of drug-likeness (QED) is 0.624. The van der Waals surface area contributed by atoms with Crippen molar-refractivity contribution in [1.29, 1.82) is 0 Å². The van der Waals surface area contributed by atoms with Gasteiger partial charge in [0, 0.05) is 12.2 Å². The first-order chi connectivity index (χ1) is 7.33. The highest BCUT2D eigenvalue weighted by Crippen LogP contribution is 2.26. The summed E-state index contributed by atoms with van der Waals surface area (Å²) in [7, 11) is 0. The molecule has 0 spiro atoms. The van der Waals surface area contributed by atoms with E-state index in [9.17, 15) is 0 Å². The zero-order valence-corrected chi connectivity index (χ0v) is 12.1. The normalized spacial score (nSPS) is 16.9. The number of halogens is 1. The molecule has 2 heterocycles. The first kappa shape index (κ1) is 11.8. The van der Waals surface area contributed by atoms with E-state index in [0.29, 0.717) is 13.1 Å². The molecule has 1 aliphatic rings. The van der Waals surface area contributed by atoms with Gasteiger partial charge in [-0.3, -0.25) is 4.68 Å². The maximum atomic E-state index is 5.45. The van der Waals surface area contributed by atoms with Crippen LogP contribution in [0, 0.1) is 6.92 Å². The van der Waals surface area contributed by atoms with E-state index in [4.69, 9.17) is 4.52 Å². The third-order valence-electron chi connectivity index (χ3n) is 2.97. The molecule has 1 aromatic rings. The molecule has 15 heavy (non-hydrogen) atoms. The molecule has 0 saturated heterocycles. The average Bonchev–Trinajstić information content (AvgIpc) is 2.44. The summed E-state index contributed by atoms with van der Waals surface area (Å²) in [5.74, 6) is 0. The largest absolute Gasteiger partial charge is 0.345 e. The Balaban J connectivity index is 2.19. The maximum absolute atomic E-state index is 5.45. The minimum Gasteiger partial charge on any atom is -0.345 e. The summed E-state index contributed by atoms with van der Waals surface area (Å²) in [4.78, 5) is 0. The Morgan fingerprint density at radius 3 is 3.13 bits per heavy atom. The van der Waals surface area contributed by atoms with Crippen LogP contribution >= 0.6 is 28.5 Å². The van der Waals surface area contributed by atoms with Crippen LogP contribution in [0.2, 0.25) is 0 Å². The number of nitrogens with zero attached hydrogens (tertiary/aromatic N) is 2. The Morgan fingerprint density at radius 2 is 2.33 bits per heavy atom. The first-order valence-electron chi connectivity index (χ1n) is 5.35. The summed E-state index contributed by atoms with van der Waals surface area (Å²) in [5, 5.41) is 4.64. The molecular formula is C10H16IN2OP. The standard InChI is InChI=1S/C10H16IN2OP/c1-8-9(7-14-15-11)12-13-6-4-2-3-5-10(8)13/h15H,2-7H2,1H3. The van der Waals surface area contributed by atoms with Crippen LogP contribution in [0.4, 0.5) is 0 Å². The van der Waals surface area contributed by atoms with Gasteiger partial charge >= 0.3 is 0 Å². The number of aryl methyl sites for hydroxylation is 1. The van der Waals surface area contributed by atoms with Gasteiger partial charge in [-0.1, -0.05) is 6.42 Å². The molecule has 0 radical (unpaired) electrons. The van der Waals surface area contributed by atoms with Crippen molar-refractivity contribution in [3.05, 3.63) is 17.0 Å². The molecule has 1 atom stereocenters. The zero-order chi connectivity index (χ0) is 10.7. The van der Waals surface area contributed by atoms with Crippen molar-refractivity contribution in [2.75, 3.05) is 0 Å². The molecule has 0 N–H and O–H groups in total. The Labute approximate surface area is 105 Å². The number of hydrogen-bond acceptors (Lipinski definition) is 2. The topological polar surface area (TPSA) is 27.1 Å². The lowest BCUT2D eigenvalue weighted by Crippen LogP contribution is -2.02. The molecule has 0 aliphatic carbocycles. The molecule has 5 heteroatoms. The molecule has 1 aliphatic heterocycles. The van der Waals surface area contributed by atoms with E-state index in [1.165, 1.54) is 36.9 Å². The van der Waals surface area contributed by atoms with Crippen LogP contribution < -0.4 is 0 Å². The summed E-state index contributed by atoms with van der Waals surface area (Å²) in [6.07, 6.45) is 5.10. The van der Waals surface area contributed by atoms with Gasteiger partial charge in [-0.25, -0.2) is 0 Å². The van der Waals surface area contributed by atoms with E-state index in [1.807, 2.05) is 0 Å². The number of fused-ring (bicyclic) bond motifs is 1. The van der Waals surface area contributed by atoms with Gasteiger partial charge in [-0.15, -0.1) is 0 Å². The second-order valence-corrected chi connectivity index (χ2v) is 5.68. The van der Waals surface area contributed by atoms with Gasteiger partial charge in [-0.2, -0.15) is 5.10 Å². The van der Waals surface area contributed by atoms with Crippen LogP contribution in [-0.4, -0.2) is 9.78 Å². The highest BCUT2D eigenvalue weighted by molar-refractivity contribution is 14.2. The molecule has 0 bridgehead atoms. The van der Waals surface area contributed by atoms with Crippen molar-refractivity contribution in [3.8, 4) is 0 Å². The Kier molecular flexibility index (Phi) is 4.40. The first-order valence-corrected chi connectivity index (χ1v) is 9.37. The minimum absolute atomic E-state index is 0.522. The number of hydrogen-bond donors (Lipinski definition) is 0. The van der Waals surface area contributed by atoms with Crippen molar-refractivity contribution in [1.82, 2.24) is 9.78 Å². The Hall–Kier alpha value is 0.330. The van der Waals surface area contributed by atoms with Gasteiger partial charge in [0.15, 0.2) is 0 Å². The highest BCUT2D eigenvalue weighted by Gasteiger charge is 2.15. The Morgan fingerprint density at radius 1 is 1.47 bits per heavy atom. The fraction of sp³-hybridized carbons (Fsp3) is 0.700. The van der Waals surface area contributed by atoms with Gasteiger partial charge in [0.25, 0.3) is 0 Å². The maximum Gasteiger partial charge on any atom is 0.0958 e. The van der Waals surface area contributed by atoms with E-state index < -0.39 is 0 Å². The molecule has 2 rings (SSSR count). The van der Waals surface area contributed by atoms with Crippen LogP contribution in [0.3, 0.4) is 0 Å². The van der Waals surface area contributed by atoms with Crippen LogP contribution in [0.15, 0.2) is 0 Å². The van der Waals surface area contributed by atoms with Crippen LogP contribution in [0.25, 0.3) is 0 Å². The molecule has 0 saturated carbocycles. The Bertz CT molecular complexity index is 340. The lowest BCUT2D eigenvalue weighted by molar-refractivity contribution is 0.350. The van der Waals surface area contributed by atoms with E-state index in [2.05, 4.69) is 38.7 Å². The summed E-state index contributed by atoms with van der Waals surface area (Å²) in [6.45, 7) is 4.46. The fourth-order valence-corrected chi connectivity index (χ4v) is 2.76. The van der Waals surface area contributed by atoms with Crippen molar-refractivity contribution in [2.24, 2.45) is 0 Å². The van der Waals surface area contributed by atoms with Crippen molar-refractivity contribution in [2.45, 2.75) is 45.8 Å². The lowest BCUT2D eigenvalue weighted by Gasteiger charge is -2.00. The third-order valence-corrected chi connectivity index (χ3v) is 4.15. The second-order valence-electron chi connectivity index (χ2n) is 3.92. The fourth-order valence-electron chi connectivity index (χ4n) is 2.11. The zero-order valence-electron chi connectivity index (χ0n) is 8.92. The predicted molar refractivity (Wildman–Crippen MR) is 71.6 cm³/mol. The average molecular weight is 338 g/mol. The monoisotopic (exact) mass is 338 g/mol. The van der Waals surface area contributed by atoms with E-state index in [-0.39, 0.29) is 0 Å². The lowest BCUT2D eigenvalue weighted by atomic mass is 10.1. The number of aromatic nitrogens is 2. The van der Waals surface area contributed by atoms with Gasteiger partial charge in [0.1, 0.15) is 0 Å². The predicted octanol–water partition coefficient (Wildman–Crippen LogP) is 3.38. The van der Waals surface area contributed by atoms with E-state index >= 15 is 0 Å². The molecular weight excluding hydrogens is 322 g/mol. The molecule has 3 nitrogen and oxygen atoms in total. The van der Waals surface area contributed by atoms with Gasteiger partial charge in [0.2, 0.25) is 0 Å². The molecule has 0 aromatic carbocycles. The molecule has 0 fully saturated rings. The van der Waals surface area contributed by atoms with Crippen LogP contribution in [0.5, 0.6) is 0 Å². The summed E-state index contributed by atoms with van der Waals surface area (Å²) in [5.41, 5.74) is 3.92. The highest BCUT2D eigenvalue weighted by atomic mass is 127. The van der Waals surface area contributed by atoms with Crippen molar-refractivity contribution >= 4 is 28.5 Å². The van der Waals surface area contributed by atoms with E-state index in [1.54, 1.807) is 0 Å². The summed E-state index contributed by atoms with van der Waals surface area (Å²) in [6, 6.07) is 0. The second kappa shape index (κ2) is 5.60. The van der Waals surface area contributed by atoms with Crippen molar-refractivity contribution < 1.29 is 4.52 Å². The molecule has 1 aromatic heterocycles. The smallest absolute Gasteiger partial charge is 0.0958 e.